The molecule has 0 bridgehead atoms. The van der Waals surface area contributed by atoms with Gasteiger partial charge in [-0.2, -0.15) is 0 Å². The quantitative estimate of drug-likeness (QED) is 0.643. The number of rotatable bonds is 4. The molecule has 0 saturated carbocycles. The number of thiazole rings is 1. The van der Waals surface area contributed by atoms with Crippen molar-refractivity contribution in [3.63, 3.8) is 0 Å². The fourth-order valence-corrected chi connectivity index (χ4v) is 3.48. The lowest BCUT2D eigenvalue weighted by atomic mass is 9.92. The molecule has 0 fully saturated rings. The second-order valence-corrected chi connectivity index (χ2v) is 6.81. The lowest BCUT2D eigenvalue weighted by Gasteiger charge is -2.26. The standard InChI is InChI=1S/C19H16ClN3O2S/c1-4-12-10-13(20)6-7-14(12)16-15(19(24)25-5-2)11(3)22-17(23-16)18-21-8-9-26-18/h1,6-10,16H,5H2,2-3H3,(H,22,23). The first kappa shape index (κ1) is 18.2. The van der Waals surface area contributed by atoms with Crippen molar-refractivity contribution in [2.45, 2.75) is 19.9 Å². The fraction of sp³-hybridized carbons (Fsp3) is 0.211. The van der Waals surface area contributed by atoms with Gasteiger partial charge in [-0.25, -0.2) is 9.78 Å². The first-order chi connectivity index (χ1) is 12.5. The van der Waals surface area contributed by atoms with Gasteiger partial charge in [0.15, 0.2) is 10.8 Å². The molecule has 1 N–H and O–H groups in total. The summed E-state index contributed by atoms with van der Waals surface area (Å²) >= 11 is 7.52. The van der Waals surface area contributed by atoms with Crippen LogP contribution in [0.1, 0.15) is 36.0 Å². The van der Waals surface area contributed by atoms with Gasteiger partial charge in [0, 0.05) is 27.9 Å². The molecule has 7 heteroatoms. The predicted molar refractivity (Wildman–Crippen MR) is 103 cm³/mol. The highest BCUT2D eigenvalue weighted by atomic mass is 35.5. The van der Waals surface area contributed by atoms with Crippen LogP contribution < -0.4 is 5.32 Å². The Morgan fingerprint density at radius 3 is 2.96 bits per heavy atom. The SMILES string of the molecule is C#Cc1cc(Cl)ccc1C1N=C(c2nccs2)NC(C)=C1C(=O)OCC. The molecule has 0 aliphatic carbocycles. The summed E-state index contributed by atoms with van der Waals surface area (Å²) in [5, 5.41) is 6.28. The van der Waals surface area contributed by atoms with Gasteiger partial charge in [-0.15, -0.1) is 17.8 Å². The molecule has 0 amide bonds. The van der Waals surface area contributed by atoms with Gasteiger partial charge in [-0.05, 0) is 31.5 Å². The van der Waals surface area contributed by atoms with E-state index in [1.165, 1.54) is 11.3 Å². The zero-order valence-corrected chi connectivity index (χ0v) is 15.8. The van der Waals surface area contributed by atoms with E-state index < -0.39 is 12.0 Å². The first-order valence-corrected chi connectivity index (χ1v) is 9.19. The van der Waals surface area contributed by atoms with E-state index in [1.54, 1.807) is 31.3 Å². The topological polar surface area (TPSA) is 63.6 Å². The molecule has 3 rings (SSSR count). The van der Waals surface area contributed by atoms with Crippen molar-refractivity contribution in [3.05, 3.63) is 62.2 Å². The Morgan fingerprint density at radius 1 is 1.50 bits per heavy atom. The molecule has 0 radical (unpaired) electrons. The summed E-state index contributed by atoms with van der Waals surface area (Å²) in [6.07, 6.45) is 7.36. The minimum Gasteiger partial charge on any atom is -0.463 e. The summed E-state index contributed by atoms with van der Waals surface area (Å²) in [7, 11) is 0. The Labute approximate surface area is 160 Å². The molecule has 2 heterocycles. The van der Waals surface area contributed by atoms with Crippen molar-refractivity contribution in [1.29, 1.82) is 0 Å². The van der Waals surface area contributed by atoms with Crippen molar-refractivity contribution >= 4 is 34.7 Å². The molecule has 0 spiro atoms. The summed E-state index contributed by atoms with van der Waals surface area (Å²) < 4.78 is 5.23. The number of hydrogen-bond donors (Lipinski definition) is 1. The van der Waals surface area contributed by atoms with Crippen LogP contribution >= 0.6 is 22.9 Å². The average molecular weight is 386 g/mol. The highest BCUT2D eigenvalue weighted by Crippen LogP contribution is 2.35. The van der Waals surface area contributed by atoms with Gasteiger partial charge in [-0.3, -0.25) is 4.99 Å². The van der Waals surface area contributed by atoms with Crippen molar-refractivity contribution in [2.24, 2.45) is 4.99 Å². The molecule has 132 valence electrons. The number of aliphatic imine (C=N–C) groups is 1. The van der Waals surface area contributed by atoms with Crippen LogP contribution in [-0.4, -0.2) is 23.4 Å². The molecular formula is C19H16ClN3O2S. The zero-order valence-electron chi connectivity index (χ0n) is 14.2. The average Bonchev–Trinajstić information content (AvgIpc) is 3.15. The number of nitrogens with zero attached hydrogens (tertiary/aromatic N) is 2. The molecule has 1 aliphatic heterocycles. The van der Waals surface area contributed by atoms with E-state index >= 15 is 0 Å². The number of hydrogen-bond acceptors (Lipinski definition) is 6. The highest BCUT2D eigenvalue weighted by Gasteiger charge is 2.32. The van der Waals surface area contributed by atoms with E-state index in [4.69, 9.17) is 27.8 Å². The van der Waals surface area contributed by atoms with E-state index in [2.05, 4.69) is 16.2 Å². The van der Waals surface area contributed by atoms with Crippen LogP contribution in [0.2, 0.25) is 5.02 Å². The van der Waals surface area contributed by atoms with Crippen LogP contribution in [0.5, 0.6) is 0 Å². The lowest BCUT2D eigenvalue weighted by molar-refractivity contribution is -0.138. The lowest BCUT2D eigenvalue weighted by Crippen LogP contribution is -2.33. The Balaban J connectivity index is 2.16. The third-order valence-electron chi connectivity index (χ3n) is 3.84. The number of carbonyl (C=O) groups is 1. The molecule has 1 atom stereocenters. The second kappa shape index (κ2) is 7.73. The number of amidine groups is 1. The summed E-state index contributed by atoms with van der Waals surface area (Å²) in [6, 6.07) is 4.62. The van der Waals surface area contributed by atoms with Gasteiger partial charge in [0.1, 0.15) is 6.04 Å². The smallest absolute Gasteiger partial charge is 0.338 e. The highest BCUT2D eigenvalue weighted by molar-refractivity contribution is 7.11. The number of terminal acetylenes is 1. The van der Waals surface area contributed by atoms with Crippen molar-refractivity contribution in [3.8, 4) is 12.3 Å². The molecule has 0 saturated heterocycles. The van der Waals surface area contributed by atoms with E-state index in [1.807, 2.05) is 12.3 Å². The summed E-state index contributed by atoms with van der Waals surface area (Å²) in [5.74, 6) is 2.79. The summed E-state index contributed by atoms with van der Waals surface area (Å²) in [5.41, 5.74) is 2.38. The van der Waals surface area contributed by atoms with Crippen molar-refractivity contribution in [2.75, 3.05) is 6.61 Å². The third-order valence-corrected chi connectivity index (χ3v) is 4.85. The second-order valence-electron chi connectivity index (χ2n) is 5.48. The number of benzene rings is 1. The number of halogens is 1. The minimum atomic E-state index is -0.600. The largest absolute Gasteiger partial charge is 0.463 e. The maximum Gasteiger partial charge on any atom is 0.338 e. The van der Waals surface area contributed by atoms with Gasteiger partial charge >= 0.3 is 5.97 Å². The van der Waals surface area contributed by atoms with Gasteiger partial charge < -0.3 is 10.1 Å². The zero-order chi connectivity index (χ0) is 18.7. The molecule has 2 aromatic rings. The van der Waals surface area contributed by atoms with Gasteiger partial charge in [0.2, 0.25) is 0 Å². The predicted octanol–water partition coefficient (Wildman–Crippen LogP) is 3.71. The van der Waals surface area contributed by atoms with E-state index in [0.717, 1.165) is 10.6 Å². The number of esters is 1. The van der Waals surface area contributed by atoms with Crippen LogP contribution in [0.15, 0.2) is 46.0 Å². The molecule has 1 aromatic carbocycles. The number of carbonyl (C=O) groups excluding carboxylic acids is 1. The third kappa shape index (κ3) is 3.50. The van der Waals surface area contributed by atoms with E-state index in [0.29, 0.717) is 27.7 Å². The van der Waals surface area contributed by atoms with Crippen LogP contribution in [-0.2, 0) is 9.53 Å². The number of allylic oxidation sites excluding steroid dienone is 1. The Bertz CT molecular complexity index is 942. The molecular weight excluding hydrogens is 370 g/mol. The molecule has 5 nitrogen and oxygen atoms in total. The van der Waals surface area contributed by atoms with E-state index in [9.17, 15) is 4.79 Å². The van der Waals surface area contributed by atoms with Crippen molar-refractivity contribution in [1.82, 2.24) is 10.3 Å². The summed E-state index contributed by atoms with van der Waals surface area (Å²) in [6.45, 7) is 3.85. The maximum absolute atomic E-state index is 12.6. The van der Waals surface area contributed by atoms with Crippen LogP contribution in [0.25, 0.3) is 0 Å². The molecule has 1 aromatic heterocycles. The first-order valence-electron chi connectivity index (χ1n) is 7.93. The van der Waals surface area contributed by atoms with Gasteiger partial charge in [0.05, 0.1) is 12.2 Å². The maximum atomic E-state index is 12.6. The number of nitrogens with one attached hydrogen (secondary N) is 1. The fourth-order valence-electron chi connectivity index (χ4n) is 2.72. The normalized spacial score (nSPS) is 16.5. The van der Waals surface area contributed by atoms with Crippen LogP contribution in [0.4, 0.5) is 0 Å². The monoisotopic (exact) mass is 385 g/mol. The van der Waals surface area contributed by atoms with Crippen molar-refractivity contribution < 1.29 is 9.53 Å². The summed E-state index contributed by atoms with van der Waals surface area (Å²) in [4.78, 5) is 21.6. The minimum absolute atomic E-state index is 0.272. The molecule has 1 aliphatic rings. The van der Waals surface area contributed by atoms with Crippen LogP contribution in [0, 0.1) is 12.3 Å². The Kier molecular flexibility index (Phi) is 5.40. The number of aromatic nitrogens is 1. The Hall–Kier alpha value is -2.62. The molecule has 1 unspecified atom stereocenters. The number of ether oxygens (including phenoxy) is 1. The van der Waals surface area contributed by atoms with E-state index in [-0.39, 0.29) is 6.61 Å². The Morgan fingerprint density at radius 2 is 2.31 bits per heavy atom. The van der Waals surface area contributed by atoms with Crippen LogP contribution in [0.3, 0.4) is 0 Å². The van der Waals surface area contributed by atoms with Gasteiger partial charge in [-0.1, -0.05) is 23.6 Å². The molecule has 26 heavy (non-hydrogen) atoms. The van der Waals surface area contributed by atoms with Gasteiger partial charge in [0.25, 0.3) is 0 Å².